The number of methoxy groups -OCH3 is 1. The summed E-state index contributed by atoms with van der Waals surface area (Å²) in [7, 11) is 0.0202. The van der Waals surface area contributed by atoms with E-state index < -0.39 is 12.8 Å². The quantitative estimate of drug-likeness (QED) is 0.227. The molecule has 2 aliphatic heterocycles. The molecule has 1 saturated heterocycles. The van der Waals surface area contributed by atoms with Gasteiger partial charge in [0.15, 0.2) is 4.75 Å². The molecule has 0 N–H and O–H groups in total. The average molecular weight is 459 g/mol. The van der Waals surface area contributed by atoms with Gasteiger partial charge in [0.1, 0.15) is 12.0 Å². The molecule has 2 aliphatic rings. The van der Waals surface area contributed by atoms with E-state index in [1.54, 1.807) is 12.0 Å². The van der Waals surface area contributed by atoms with E-state index in [0.29, 0.717) is 0 Å². The smallest absolute Gasteiger partial charge is 0.254 e. The van der Waals surface area contributed by atoms with Crippen molar-refractivity contribution in [2.45, 2.75) is 30.4 Å². The molecule has 0 saturated carbocycles. The number of benzene rings is 1. The number of anilines is 1. The Hall–Kier alpha value is -0.803. The number of aldehydes is 1. The molecule has 122 valence electrons. The van der Waals surface area contributed by atoms with Crippen LogP contribution >= 0.6 is 34.4 Å². The predicted octanol–water partition coefficient (Wildman–Crippen LogP) is 3.62. The first-order valence-electron chi connectivity index (χ1n) is 7.29. The van der Waals surface area contributed by atoms with Gasteiger partial charge in [0.25, 0.3) is 5.91 Å². The fraction of sp³-hybridized carbons (Fsp3) is 0.375. The standard InChI is InChI=1S/C16H18INO3SSi/c1-21-11-7-5-10(6-8-11)18-13-12(17)14(23(2,3)4)22-16(13,9-19)15(18)20/h5-9,13H,1-4H3. The van der Waals surface area contributed by atoms with Crippen LogP contribution in [-0.4, -0.2) is 38.2 Å². The van der Waals surface area contributed by atoms with Gasteiger partial charge in [-0.25, -0.2) is 0 Å². The number of thioether (sulfide) groups is 1. The number of ether oxygens (including phenoxy) is 1. The normalized spacial score (nSPS) is 26.9. The van der Waals surface area contributed by atoms with Crippen molar-refractivity contribution in [2.75, 3.05) is 12.0 Å². The molecule has 4 nitrogen and oxygen atoms in total. The summed E-state index contributed by atoms with van der Waals surface area (Å²) in [5.74, 6) is 0.632. The molecule has 1 fully saturated rings. The molecule has 2 unspecified atom stereocenters. The van der Waals surface area contributed by atoms with Crippen LogP contribution in [0.2, 0.25) is 19.6 Å². The van der Waals surface area contributed by atoms with Crippen LogP contribution in [0.1, 0.15) is 0 Å². The molecule has 7 heteroatoms. The maximum atomic E-state index is 12.8. The van der Waals surface area contributed by atoms with Crippen molar-refractivity contribution in [1.29, 1.82) is 0 Å². The molecular formula is C16H18INO3SSi. The van der Waals surface area contributed by atoms with E-state index in [1.165, 1.54) is 16.3 Å². The Labute approximate surface area is 154 Å². The first-order chi connectivity index (χ1) is 10.8. The summed E-state index contributed by atoms with van der Waals surface area (Å²) in [6, 6.07) is 7.23. The Bertz CT molecular complexity index is 713. The third kappa shape index (κ3) is 2.39. The molecular weight excluding hydrogens is 441 g/mol. The Morgan fingerprint density at radius 2 is 1.91 bits per heavy atom. The number of hydrogen-bond donors (Lipinski definition) is 0. The lowest BCUT2D eigenvalue weighted by Gasteiger charge is -2.49. The third-order valence-electron chi connectivity index (χ3n) is 4.15. The number of carbonyl (C=O) groups is 2. The molecule has 0 bridgehead atoms. The zero-order chi connectivity index (χ0) is 17.0. The van der Waals surface area contributed by atoms with Gasteiger partial charge in [-0.3, -0.25) is 4.79 Å². The zero-order valence-electron chi connectivity index (χ0n) is 13.4. The van der Waals surface area contributed by atoms with Gasteiger partial charge in [-0.1, -0.05) is 19.6 Å². The van der Waals surface area contributed by atoms with Gasteiger partial charge in [0.2, 0.25) is 0 Å². The molecule has 1 amide bonds. The second kappa shape index (κ2) is 5.63. The van der Waals surface area contributed by atoms with E-state index in [2.05, 4.69) is 42.2 Å². The number of carbonyl (C=O) groups excluding carboxylic acids is 2. The van der Waals surface area contributed by atoms with Crippen LogP contribution in [0.5, 0.6) is 5.75 Å². The molecule has 1 aromatic rings. The van der Waals surface area contributed by atoms with Crippen LogP contribution in [0.4, 0.5) is 5.69 Å². The van der Waals surface area contributed by atoms with Crippen molar-refractivity contribution in [1.82, 2.24) is 0 Å². The van der Waals surface area contributed by atoms with Crippen LogP contribution in [0.25, 0.3) is 0 Å². The van der Waals surface area contributed by atoms with E-state index in [0.717, 1.165) is 21.3 Å². The molecule has 2 atom stereocenters. The number of fused-ring (bicyclic) bond motifs is 1. The Morgan fingerprint density at radius 3 is 2.39 bits per heavy atom. The van der Waals surface area contributed by atoms with E-state index >= 15 is 0 Å². The number of amides is 1. The van der Waals surface area contributed by atoms with Gasteiger partial charge < -0.3 is 14.4 Å². The summed E-state index contributed by atoms with van der Waals surface area (Å²) in [5.41, 5.74) is 0.810. The fourth-order valence-corrected chi connectivity index (χ4v) is 10.4. The number of hydrogen-bond acceptors (Lipinski definition) is 4. The molecule has 0 spiro atoms. The molecule has 2 heterocycles. The second-order valence-electron chi connectivity index (χ2n) is 6.72. The van der Waals surface area contributed by atoms with Crippen LogP contribution in [0, 0.1) is 0 Å². The van der Waals surface area contributed by atoms with Gasteiger partial charge >= 0.3 is 0 Å². The Morgan fingerprint density at radius 1 is 1.30 bits per heavy atom. The van der Waals surface area contributed by atoms with E-state index in [-0.39, 0.29) is 11.9 Å². The average Bonchev–Trinajstić information content (AvgIpc) is 2.78. The Kier molecular flexibility index (Phi) is 4.17. The molecule has 23 heavy (non-hydrogen) atoms. The topological polar surface area (TPSA) is 46.6 Å². The summed E-state index contributed by atoms with van der Waals surface area (Å²) in [6.45, 7) is 6.75. The van der Waals surface area contributed by atoms with Crippen molar-refractivity contribution >= 4 is 60.3 Å². The zero-order valence-corrected chi connectivity index (χ0v) is 17.4. The van der Waals surface area contributed by atoms with Crippen LogP contribution in [0.3, 0.4) is 0 Å². The summed E-state index contributed by atoms with van der Waals surface area (Å²) in [5, 5.41) is 0. The predicted molar refractivity (Wildman–Crippen MR) is 105 cm³/mol. The van der Waals surface area contributed by atoms with Crippen molar-refractivity contribution in [3.8, 4) is 5.75 Å². The van der Waals surface area contributed by atoms with E-state index in [4.69, 9.17) is 4.74 Å². The van der Waals surface area contributed by atoms with Gasteiger partial charge in [-0.15, -0.1) is 11.8 Å². The number of β-lactam (4-membered cyclic amide) rings is 1. The number of halogens is 1. The highest BCUT2D eigenvalue weighted by Gasteiger charge is 2.68. The molecule has 3 rings (SSSR count). The first-order valence-corrected chi connectivity index (χ1v) is 12.7. The lowest BCUT2D eigenvalue weighted by Crippen LogP contribution is -2.72. The van der Waals surface area contributed by atoms with Gasteiger partial charge in [-0.2, -0.15) is 0 Å². The van der Waals surface area contributed by atoms with Crippen LogP contribution < -0.4 is 9.64 Å². The minimum absolute atomic E-state index is 0.116. The SMILES string of the molecule is COc1ccc(N2C(=O)C3(C=O)SC([Si](C)(C)C)=C(I)C23)cc1. The maximum absolute atomic E-state index is 12.8. The van der Waals surface area contributed by atoms with Crippen molar-refractivity contribution in [2.24, 2.45) is 0 Å². The highest BCUT2D eigenvalue weighted by Crippen LogP contribution is 2.59. The minimum Gasteiger partial charge on any atom is -0.497 e. The summed E-state index contributed by atoms with van der Waals surface area (Å²) in [4.78, 5) is 26.3. The number of rotatable bonds is 4. The molecule has 0 radical (unpaired) electrons. The van der Waals surface area contributed by atoms with Crippen LogP contribution in [-0.2, 0) is 9.59 Å². The Balaban J connectivity index is 2.03. The lowest BCUT2D eigenvalue weighted by molar-refractivity contribution is -0.130. The third-order valence-corrected chi connectivity index (χ3v) is 11.2. The van der Waals surface area contributed by atoms with Gasteiger partial charge in [0, 0.05) is 9.27 Å². The number of nitrogens with zero attached hydrogens (tertiary/aromatic N) is 1. The second-order valence-corrected chi connectivity index (χ2v) is 14.5. The summed E-state index contributed by atoms with van der Waals surface area (Å²) >= 11 is 3.81. The summed E-state index contributed by atoms with van der Waals surface area (Å²) in [6.07, 6.45) is 0.844. The monoisotopic (exact) mass is 459 g/mol. The maximum Gasteiger partial charge on any atom is 0.254 e. The van der Waals surface area contributed by atoms with Gasteiger partial charge in [0.05, 0.1) is 21.2 Å². The van der Waals surface area contributed by atoms with E-state index in [9.17, 15) is 9.59 Å². The lowest BCUT2D eigenvalue weighted by atomic mass is 9.87. The van der Waals surface area contributed by atoms with Crippen molar-refractivity contribution in [3.63, 3.8) is 0 Å². The van der Waals surface area contributed by atoms with Crippen molar-refractivity contribution in [3.05, 3.63) is 32.4 Å². The molecule has 0 aromatic heterocycles. The largest absolute Gasteiger partial charge is 0.497 e. The van der Waals surface area contributed by atoms with Gasteiger partial charge in [-0.05, 0) is 51.4 Å². The summed E-state index contributed by atoms with van der Waals surface area (Å²) < 4.78 is 6.63. The first kappa shape index (κ1) is 17.0. The fourth-order valence-electron chi connectivity index (χ4n) is 2.95. The minimum atomic E-state index is -1.59. The van der Waals surface area contributed by atoms with Crippen molar-refractivity contribution < 1.29 is 14.3 Å². The highest BCUT2D eigenvalue weighted by molar-refractivity contribution is 14.1. The highest BCUT2D eigenvalue weighted by atomic mass is 127. The van der Waals surface area contributed by atoms with E-state index in [1.807, 2.05) is 24.3 Å². The van der Waals surface area contributed by atoms with Crippen LogP contribution in [0.15, 0.2) is 32.4 Å². The molecule has 1 aromatic carbocycles. The molecule has 0 aliphatic carbocycles.